The Morgan fingerprint density at radius 1 is 1.33 bits per heavy atom. The van der Waals surface area contributed by atoms with Crippen LogP contribution >= 0.6 is 11.8 Å². The van der Waals surface area contributed by atoms with E-state index in [9.17, 15) is 0 Å². The lowest BCUT2D eigenvalue weighted by Crippen LogP contribution is -1.95. The smallest absolute Gasteiger partial charge is 0.0636 e. The first kappa shape index (κ1) is 9.42. The van der Waals surface area contributed by atoms with E-state index in [1.165, 1.54) is 10.5 Å². The SMILES string of the molecule is CONc1cc(C)cc(SC)c1. The van der Waals surface area contributed by atoms with Crippen molar-refractivity contribution in [1.82, 2.24) is 0 Å². The molecule has 3 heteroatoms. The van der Waals surface area contributed by atoms with E-state index in [0.29, 0.717) is 0 Å². The average Bonchev–Trinajstić information content (AvgIpc) is 2.04. The predicted molar refractivity (Wildman–Crippen MR) is 53.6 cm³/mol. The van der Waals surface area contributed by atoms with Crippen molar-refractivity contribution in [3.05, 3.63) is 23.8 Å². The number of hydrogen-bond donors (Lipinski definition) is 1. The zero-order valence-corrected chi connectivity index (χ0v) is 8.37. The molecule has 0 aliphatic heterocycles. The van der Waals surface area contributed by atoms with Gasteiger partial charge in [0, 0.05) is 4.90 Å². The highest BCUT2D eigenvalue weighted by molar-refractivity contribution is 7.98. The quantitative estimate of drug-likeness (QED) is 0.575. The molecule has 1 aromatic carbocycles. The van der Waals surface area contributed by atoms with Crippen LogP contribution in [0.4, 0.5) is 5.69 Å². The maximum atomic E-state index is 4.82. The fraction of sp³-hybridized carbons (Fsp3) is 0.333. The highest BCUT2D eigenvalue weighted by Crippen LogP contribution is 2.21. The number of rotatable bonds is 3. The lowest BCUT2D eigenvalue weighted by Gasteiger charge is -2.06. The minimum Gasteiger partial charge on any atom is -0.279 e. The monoisotopic (exact) mass is 183 g/mol. The summed E-state index contributed by atoms with van der Waals surface area (Å²) in [5, 5.41) is 0. The van der Waals surface area contributed by atoms with Crippen LogP contribution < -0.4 is 5.48 Å². The molecule has 0 amide bonds. The summed E-state index contributed by atoms with van der Waals surface area (Å²) in [5.74, 6) is 0. The van der Waals surface area contributed by atoms with Gasteiger partial charge in [-0.15, -0.1) is 11.8 Å². The topological polar surface area (TPSA) is 21.3 Å². The molecule has 0 atom stereocenters. The molecule has 0 radical (unpaired) electrons. The summed E-state index contributed by atoms with van der Waals surface area (Å²) < 4.78 is 0. The van der Waals surface area contributed by atoms with Crippen molar-refractivity contribution < 1.29 is 4.84 Å². The third-order valence-electron chi connectivity index (χ3n) is 1.51. The van der Waals surface area contributed by atoms with Crippen molar-refractivity contribution >= 4 is 17.4 Å². The molecule has 0 aromatic heterocycles. The van der Waals surface area contributed by atoms with Crippen LogP contribution in [0.3, 0.4) is 0 Å². The van der Waals surface area contributed by atoms with Gasteiger partial charge in [-0.2, -0.15) is 0 Å². The molecule has 0 saturated carbocycles. The third-order valence-corrected chi connectivity index (χ3v) is 2.21. The molecule has 0 fully saturated rings. The Kier molecular flexibility index (Phi) is 3.44. The highest BCUT2D eigenvalue weighted by atomic mass is 32.2. The molecule has 0 saturated heterocycles. The summed E-state index contributed by atoms with van der Waals surface area (Å²) in [6, 6.07) is 6.25. The van der Waals surface area contributed by atoms with Gasteiger partial charge in [-0.3, -0.25) is 10.3 Å². The molecular weight excluding hydrogens is 170 g/mol. The van der Waals surface area contributed by atoms with E-state index in [1.807, 2.05) is 6.07 Å². The van der Waals surface area contributed by atoms with Crippen LogP contribution in [-0.2, 0) is 4.84 Å². The Bertz CT molecular complexity index is 263. The number of benzene rings is 1. The fourth-order valence-electron chi connectivity index (χ4n) is 1.04. The van der Waals surface area contributed by atoms with E-state index in [1.54, 1.807) is 18.9 Å². The highest BCUT2D eigenvalue weighted by Gasteiger charge is 1.96. The Morgan fingerprint density at radius 3 is 2.67 bits per heavy atom. The Morgan fingerprint density at radius 2 is 2.08 bits per heavy atom. The predicted octanol–water partition coefficient (Wildman–Crippen LogP) is 2.69. The van der Waals surface area contributed by atoms with Gasteiger partial charge < -0.3 is 0 Å². The number of nitrogens with one attached hydrogen (secondary N) is 1. The molecule has 1 rings (SSSR count). The number of hydrogen-bond acceptors (Lipinski definition) is 3. The lowest BCUT2D eigenvalue weighted by atomic mass is 10.2. The van der Waals surface area contributed by atoms with Crippen LogP contribution in [-0.4, -0.2) is 13.4 Å². The first-order chi connectivity index (χ1) is 5.76. The standard InChI is InChI=1S/C9H13NOS/c1-7-4-8(10-11-2)6-9(5-7)12-3/h4-6,10H,1-3H3. The van der Waals surface area contributed by atoms with Crippen LogP contribution in [0.1, 0.15) is 5.56 Å². The number of anilines is 1. The molecule has 0 unspecified atom stereocenters. The first-order valence-electron chi connectivity index (χ1n) is 3.71. The van der Waals surface area contributed by atoms with Gasteiger partial charge in [-0.25, -0.2) is 0 Å². The van der Waals surface area contributed by atoms with Gasteiger partial charge in [-0.1, -0.05) is 0 Å². The van der Waals surface area contributed by atoms with Crippen molar-refractivity contribution in [3.8, 4) is 0 Å². The van der Waals surface area contributed by atoms with Crippen molar-refractivity contribution in [3.63, 3.8) is 0 Å². The summed E-state index contributed by atoms with van der Waals surface area (Å²) in [6.45, 7) is 2.07. The Hall–Kier alpha value is -0.670. The Balaban J connectivity index is 2.90. The zero-order valence-electron chi connectivity index (χ0n) is 7.55. The second-order valence-electron chi connectivity index (χ2n) is 2.55. The molecule has 1 aromatic rings. The summed E-state index contributed by atoms with van der Waals surface area (Å²) in [6.07, 6.45) is 2.06. The van der Waals surface area contributed by atoms with Gasteiger partial charge in [0.05, 0.1) is 12.8 Å². The second kappa shape index (κ2) is 4.38. The lowest BCUT2D eigenvalue weighted by molar-refractivity contribution is 0.271. The molecule has 1 N–H and O–H groups in total. The first-order valence-corrected chi connectivity index (χ1v) is 4.93. The zero-order chi connectivity index (χ0) is 8.97. The maximum absolute atomic E-state index is 4.82. The molecule has 0 heterocycles. The van der Waals surface area contributed by atoms with Gasteiger partial charge >= 0.3 is 0 Å². The van der Waals surface area contributed by atoms with E-state index in [-0.39, 0.29) is 0 Å². The minimum absolute atomic E-state index is 1.00. The molecule has 66 valence electrons. The molecule has 0 spiro atoms. The second-order valence-corrected chi connectivity index (χ2v) is 3.42. The van der Waals surface area contributed by atoms with E-state index < -0.39 is 0 Å². The summed E-state index contributed by atoms with van der Waals surface area (Å²) in [4.78, 5) is 6.07. The Labute approximate surface area is 77.3 Å². The molecule has 2 nitrogen and oxygen atoms in total. The van der Waals surface area contributed by atoms with Crippen LogP contribution in [0.15, 0.2) is 23.1 Å². The van der Waals surface area contributed by atoms with E-state index in [4.69, 9.17) is 4.84 Å². The van der Waals surface area contributed by atoms with Gasteiger partial charge in [0.15, 0.2) is 0 Å². The van der Waals surface area contributed by atoms with E-state index >= 15 is 0 Å². The molecule has 0 aliphatic rings. The van der Waals surface area contributed by atoms with Crippen molar-refractivity contribution in [1.29, 1.82) is 0 Å². The van der Waals surface area contributed by atoms with Gasteiger partial charge in [0.1, 0.15) is 0 Å². The average molecular weight is 183 g/mol. The largest absolute Gasteiger partial charge is 0.279 e. The van der Waals surface area contributed by atoms with Crippen LogP contribution in [0.2, 0.25) is 0 Å². The summed E-state index contributed by atoms with van der Waals surface area (Å²) >= 11 is 1.73. The minimum atomic E-state index is 1.00. The van der Waals surface area contributed by atoms with Gasteiger partial charge in [-0.05, 0) is 36.9 Å². The van der Waals surface area contributed by atoms with Crippen LogP contribution in [0.5, 0.6) is 0 Å². The fourth-order valence-corrected chi connectivity index (χ4v) is 1.59. The third kappa shape index (κ3) is 2.43. The van der Waals surface area contributed by atoms with Crippen molar-refractivity contribution in [2.45, 2.75) is 11.8 Å². The van der Waals surface area contributed by atoms with Crippen molar-refractivity contribution in [2.75, 3.05) is 18.8 Å². The number of thioether (sulfide) groups is 1. The van der Waals surface area contributed by atoms with Crippen molar-refractivity contribution in [2.24, 2.45) is 0 Å². The van der Waals surface area contributed by atoms with Gasteiger partial charge in [0.25, 0.3) is 0 Å². The molecule has 12 heavy (non-hydrogen) atoms. The molecular formula is C9H13NOS. The molecule has 0 bridgehead atoms. The van der Waals surface area contributed by atoms with E-state index in [0.717, 1.165) is 5.69 Å². The van der Waals surface area contributed by atoms with Crippen LogP contribution in [0.25, 0.3) is 0 Å². The number of aryl methyl sites for hydroxylation is 1. The van der Waals surface area contributed by atoms with Crippen LogP contribution in [0, 0.1) is 6.92 Å². The normalized spacial score (nSPS) is 9.92. The summed E-state index contributed by atoms with van der Waals surface area (Å²) in [7, 11) is 1.61. The maximum Gasteiger partial charge on any atom is 0.0636 e. The summed E-state index contributed by atoms with van der Waals surface area (Å²) in [5.41, 5.74) is 5.05. The van der Waals surface area contributed by atoms with E-state index in [2.05, 4.69) is 30.8 Å². The molecule has 0 aliphatic carbocycles. The van der Waals surface area contributed by atoms with Gasteiger partial charge in [0.2, 0.25) is 0 Å².